The molecule has 6 rings (SSSR count). The number of hydrogen-bond acceptors (Lipinski definition) is 6. The maximum Gasteiger partial charge on any atom is 0.251 e. The standard InChI is InChI=1S/C31H26FN5O4/c1-20-6-10-22(11-7-20)30(31(39)33-24-14-15-27-28(16-24)41-19-40-27)36(17-21-8-12-23(32)13-9-21)29(38)18-37-26-5-3-2-4-25(26)34-35-37/h2-16,30H,17-19H2,1H3,(H,33,39). The van der Waals surface area contributed by atoms with E-state index in [2.05, 4.69) is 15.6 Å². The van der Waals surface area contributed by atoms with E-state index < -0.39 is 17.8 Å². The number of hydrogen-bond donors (Lipinski definition) is 1. The number of carbonyl (C=O) groups is 2. The lowest BCUT2D eigenvalue weighted by atomic mass is 10.0. The normalized spacial score (nSPS) is 12.7. The predicted molar refractivity (Wildman–Crippen MR) is 150 cm³/mol. The van der Waals surface area contributed by atoms with E-state index in [1.165, 1.54) is 21.7 Å². The van der Waals surface area contributed by atoms with Gasteiger partial charge in [0.1, 0.15) is 23.9 Å². The average Bonchev–Trinajstić information content (AvgIpc) is 3.61. The Hall–Kier alpha value is -5.25. The molecule has 0 fully saturated rings. The zero-order valence-electron chi connectivity index (χ0n) is 22.2. The highest BCUT2D eigenvalue weighted by Gasteiger charge is 2.32. The maximum atomic E-state index is 14.1. The Morgan fingerprint density at radius 2 is 1.73 bits per heavy atom. The van der Waals surface area contributed by atoms with Crippen LogP contribution in [0.15, 0.2) is 91.0 Å². The van der Waals surface area contributed by atoms with Gasteiger partial charge in [0.05, 0.1) is 5.52 Å². The Kier molecular flexibility index (Phi) is 7.03. The van der Waals surface area contributed by atoms with Gasteiger partial charge in [0.2, 0.25) is 12.7 Å². The molecule has 9 nitrogen and oxygen atoms in total. The molecule has 0 bridgehead atoms. The number of ether oxygens (including phenoxy) is 2. The second-order valence-electron chi connectivity index (χ2n) is 9.75. The second-order valence-corrected chi connectivity index (χ2v) is 9.75. The summed E-state index contributed by atoms with van der Waals surface area (Å²) in [6.07, 6.45) is 0. The predicted octanol–water partition coefficient (Wildman–Crippen LogP) is 5.02. The van der Waals surface area contributed by atoms with Gasteiger partial charge in [-0.2, -0.15) is 0 Å². The van der Waals surface area contributed by atoms with Crippen LogP contribution in [0.4, 0.5) is 10.1 Å². The van der Waals surface area contributed by atoms with Gasteiger partial charge in [-0.15, -0.1) is 5.10 Å². The molecule has 4 aromatic carbocycles. The number of amides is 2. The quantitative estimate of drug-likeness (QED) is 0.291. The highest BCUT2D eigenvalue weighted by atomic mass is 19.1. The molecule has 0 spiro atoms. The number of nitrogens with zero attached hydrogens (tertiary/aromatic N) is 4. The summed E-state index contributed by atoms with van der Waals surface area (Å²) in [4.78, 5) is 29.6. The molecule has 1 atom stereocenters. The number of benzene rings is 4. The van der Waals surface area contributed by atoms with Crippen molar-refractivity contribution in [2.24, 2.45) is 0 Å². The Bertz CT molecular complexity index is 1720. The molecule has 1 aliphatic heterocycles. The van der Waals surface area contributed by atoms with Crippen LogP contribution >= 0.6 is 0 Å². The van der Waals surface area contributed by atoms with E-state index in [4.69, 9.17) is 9.47 Å². The number of aryl methyl sites for hydroxylation is 1. The average molecular weight is 552 g/mol. The first kappa shape index (κ1) is 26.0. The minimum atomic E-state index is -1.02. The van der Waals surface area contributed by atoms with Crippen LogP contribution in [0.5, 0.6) is 11.5 Å². The van der Waals surface area contributed by atoms with Gasteiger partial charge in [-0.3, -0.25) is 9.59 Å². The van der Waals surface area contributed by atoms with Crippen molar-refractivity contribution >= 4 is 28.5 Å². The summed E-state index contributed by atoms with van der Waals surface area (Å²) in [6.45, 7) is 1.96. The van der Waals surface area contributed by atoms with Gasteiger partial charge < -0.3 is 19.7 Å². The molecular weight excluding hydrogens is 525 g/mol. The molecule has 1 aromatic heterocycles. The molecule has 0 aliphatic carbocycles. The summed E-state index contributed by atoms with van der Waals surface area (Å²) in [6, 6.07) is 24.7. The Morgan fingerprint density at radius 1 is 0.976 bits per heavy atom. The highest BCUT2D eigenvalue weighted by Crippen LogP contribution is 2.35. The van der Waals surface area contributed by atoms with Crippen molar-refractivity contribution in [3.05, 3.63) is 114 Å². The topological polar surface area (TPSA) is 98.6 Å². The summed E-state index contributed by atoms with van der Waals surface area (Å²) >= 11 is 0. The summed E-state index contributed by atoms with van der Waals surface area (Å²) in [5.41, 5.74) is 4.13. The molecule has 206 valence electrons. The van der Waals surface area contributed by atoms with Gasteiger partial charge in [-0.25, -0.2) is 9.07 Å². The molecule has 0 saturated carbocycles. The van der Waals surface area contributed by atoms with E-state index in [1.807, 2.05) is 55.5 Å². The lowest BCUT2D eigenvalue weighted by Gasteiger charge is -2.32. The van der Waals surface area contributed by atoms with Gasteiger partial charge in [-0.05, 0) is 54.4 Å². The maximum absolute atomic E-state index is 14.1. The van der Waals surface area contributed by atoms with Crippen LogP contribution < -0.4 is 14.8 Å². The van der Waals surface area contributed by atoms with E-state index in [0.717, 1.165) is 5.56 Å². The first-order valence-electron chi connectivity index (χ1n) is 13.0. The third kappa shape index (κ3) is 5.58. The van der Waals surface area contributed by atoms with E-state index in [0.29, 0.717) is 39.3 Å². The second kappa shape index (κ2) is 11.1. The molecule has 5 aromatic rings. The van der Waals surface area contributed by atoms with Crippen LogP contribution in [0.3, 0.4) is 0 Å². The zero-order chi connectivity index (χ0) is 28.3. The number of rotatable bonds is 8. The number of para-hydroxylation sites is 1. The van der Waals surface area contributed by atoms with Crippen LogP contribution in [-0.4, -0.2) is 38.5 Å². The van der Waals surface area contributed by atoms with Crippen LogP contribution in [0.2, 0.25) is 0 Å². The van der Waals surface area contributed by atoms with E-state index in [1.54, 1.807) is 30.3 Å². The first-order chi connectivity index (χ1) is 19.9. The van der Waals surface area contributed by atoms with Crippen molar-refractivity contribution in [3.8, 4) is 11.5 Å². The minimum absolute atomic E-state index is 0.0544. The van der Waals surface area contributed by atoms with Gasteiger partial charge >= 0.3 is 0 Å². The Labute approximate surface area is 235 Å². The minimum Gasteiger partial charge on any atom is -0.454 e. The molecule has 1 unspecified atom stereocenters. The van der Waals surface area contributed by atoms with Gasteiger partial charge in [0, 0.05) is 18.3 Å². The number of aromatic nitrogens is 3. The number of carbonyl (C=O) groups excluding carboxylic acids is 2. The first-order valence-corrected chi connectivity index (χ1v) is 13.0. The van der Waals surface area contributed by atoms with Crippen LogP contribution in [0.1, 0.15) is 22.7 Å². The van der Waals surface area contributed by atoms with Crippen molar-refractivity contribution < 1.29 is 23.5 Å². The third-order valence-corrected chi connectivity index (χ3v) is 6.88. The van der Waals surface area contributed by atoms with Crippen LogP contribution in [0.25, 0.3) is 11.0 Å². The third-order valence-electron chi connectivity index (χ3n) is 6.88. The number of halogens is 1. The van der Waals surface area contributed by atoms with Crippen LogP contribution in [-0.2, 0) is 22.7 Å². The SMILES string of the molecule is Cc1ccc(C(C(=O)Nc2ccc3c(c2)OCO3)N(Cc2ccc(F)cc2)C(=O)Cn2nnc3ccccc32)cc1. The van der Waals surface area contributed by atoms with Crippen molar-refractivity contribution in [1.82, 2.24) is 19.9 Å². The fourth-order valence-electron chi connectivity index (χ4n) is 4.77. The van der Waals surface area contributed by atoms with E-state index >= 15 is 0 Å². The lowest BCUT2D eigenvalue weighted by molar-refractivity contribution is -0.140. The Balaban J connectivity index is 1.38. The summed E-state index contributed by atoms with van der Waals surface area (Å²) in [5, 5.41) is 11.3. The van der Waals surface area contributed by atoms with Crippen molar-refractivity contribution in [2.45, 2.75) is 26.1 Å². The van der Waals surface area contributed by atoms with E-state index in [-0.39, 0.29) is 25.8 Å². The molecule has 2 amide bonds. The number of nitrogens with one attached hydrogen (secondary N) is 1. The number of fused-ring (bicyclic) bond motifs is 2. The van der Waals surface area contributed by atoms with Crippen molar-refractivity contribution in [3.63, 3.8) is 0 Å². The monoisotopic (exact) mass is 551 g/mol. The van der Waals surface area contributed by atoms with Gasteiger partial charge in [0.25, 0.3) is 5.91 Å². The fourth-order valence-corrected chi connectivity index (χ4v) is 4.77. The smallest absolute Gasteiger partial charge is 0.251 e. The molecule has 0 radical (unpaired) electrons. The van der Waals surface area contributed by atoms with Crippen LogP contribution in [0, 0.1) is 12.7 Å². The summed E-state index contributed by atoms with van der Waals surface area (Å²) < 4.78 is 26.1. The van der Waals surface area contributed by atoms with E-state index in [9.17, 15) is 14.0 Å². The summed E-state index contributed by atoms with van der Waals surface area (Å²) in [5.74, 6) is -0.0717. The molecule has 10 heteroatoms. The molecule has 1 N–H and O–H groups in total. The summed E-state index contributed by atoms with van der Waals surface area (Å²) in [7, 11) is 0. The van der Waals surface area contributed by atoms with Crippen molar-refractivity contribution in [1.29, 1.82) is 0 Å². The molecule has 0 saturated heterocycles. The lowest BCUT2D eigenvalue weighted by Crippen LogP contribution is -2.42. The molecule has 1 aliphatic rings. The zero-order valence-corrected chi connectivity index (χ0v) is 22.2. The molecular formula is C31H26FN5O4. The Morgan fingerprint density at radius 3 is 2.54 bits per heavy atom. The van der Waals surface area contributed by atoms with Gasteiger partial charge in [0.15, 0.2) is 11.5 Å². The largest absolute Gasteiger partial charge is 0.454 e. The molecule has 2 heterocycles. The van der Waals surface area contributed by atoms with Crippen molar-refractivity contribution in [2.75, 3.05) is 12.1 Å². The van der Waals surface area contributed by atoms with Gasteiger partial charge in [-0.1, -0.05) is 59.3 Å². The highest BCUT2D eigenvalue weighted by molar-refractivity contribution is 5.98. The number of anilines is 1. The fraction of sp³-hybridized carbons (Fsp3) is 0.161. The molecule has 41 heavy (non-hydrogen) atoms.